The third-order valence-corrected chi connectivity index (χ3v) is 13.5. The minimum Gasteiger partial charge on any atom is -0.756 e. The molecule has 0 aromatic carbocycles. The molecular formula is C61H112NO7P. The maximum atomic E-state index is 12.8. The fourth-order valence-corrected chi connectivity index (χ4v) is 8.81. The van der Waals surface area contributed by atoms with Gasteiger partial charge in [-0.1, -0.05) is 254 Å². The first kappa shape index (κ1) is 67.9. The molecule has 2 atom stereocenters. The van der Waals surface area contributed by atoms with Crippen LogP contribution in [0, 0.1) is 0 Å². The van der Waals surface area contributed by atoms with Crippen molar-refractivity contribution in [1.82, 2.24) is 0 Å². The summed E-state index contributed by atoms with van der Waals surface area (Å²) in [6.45, 7) is 5.30. The Kier molecular flexibility index (Phi) is 51.7. The summed E-state index contributed by atoms with van der Waals surface area (Å²) in [4.78, 5) is 25.3. The molecule has 0 radical (unpaired) electrons. The number of carbonyl (C=O) groups excluding carboxylic acids is 1. The molecule has 0 saturated heterocycles. The molecule has 0 aromatic rings. The van der Waals surface area contributed by atoms with Gasteiger partial charge in [0.2, 0.25) is 0 Å². The molecule has 0 N–H and O–H groups in total. The molecule has 0 heterocycles. The van der Waals surface area contributed by atoms with Gasteiger partial charge >= 0.3 is 5.97 Å². The van der Waals surface area contributed by atoms with Gasteiger partial charge in [-0.25, -0.2) is 0 Å². The maximum absolute atomic E-state index is 12.8. The zero-order valence-electron chi connectivity index (χ0n) is 46.5. The van der Waals surface area contributed by atoms with Crippen LogP contribution in [0.15, 0.2) is 72.9 Å². The number of phosphoric acid groups is 1. The number of allylic oxidation sites excluding steroid dienone is 12. The highest BCUT2D eigenvalue weighted by molar-refractivity contribution is 7.45. The minimum absolute atomic E-state index is 0.0220. The summed E-state index contributed by atoms with van der Waals surface area (Å²) in [5.41, 5.74) is 0. The third kappa shape index (κ3) is 56.8. The Morgan fingerprint density at radius 1 is 0.457 bits per heavy atom. The normalized spacial score (nSPS) is 14.0. The molecule has 0 rings (SSSR count). The van der Waals surface area contributed by atoms with Crippen LogP contribution in [0.1, 0.15) is 251 Å². The van der Waals surface area contributed by atoms with Crippen molar-refractivity contribution < 1.29 is 37.3 Å². The van der Waals surface area contributed by atoms with Crippen molar-refractivity contribution in [1.29, 1.82) is 0 Å². The van der Waals surface area contributed by atoms with E-state index in [9.17, 15) is 14.3 Å². The zero-order chi connectivity index (χ0) is 51.2. The van der Waals surface area contributed by atoms with Crippen LogP contribution in [-0.4, -0.2) is 70.7 Å². The summed E-state index contributed by atoms with van der Waals surface area (Å²) in [5.74, 6) is -0.335. The topological polar surface area (TPSA) is 94.1 Å². The molecule has 0 spiro atoms. The van der Waals surface area contributed by atoms with Crippen LogP contribution in [-0.2, 0) is 27.9 Å². The van der Waals surface area contributed by atoms with E-state index >= 15 is 0 Å². The lowest BCUT2D eigenvalue weighted by Gasteiger charge is -2.28. The standard InChI is InChI=1S/C61H112NO7P/c1-6-8-10-12-14-16-18-20-22-24-26-28-30-31-32-33-35-37-39-41-43-45-47-49-51-53-56-66-58-60(59-68-70(64,65)67-57-55-62(3,4)5)69-61(63)54-52-50-48-46-44-42-40-38-36-34-29-27-25-23-21-19-17-15-13-11-9-7-2/h8,10,14,16,20,22,26,28,31-32,35,37,60H,6-7,9,11-13,15,17-19,21,23-25,27,29-30,33-34,36,38-59H2,1-5H3/b10-8-,16-14-,22-20-,28-26-,32-31-,37-35-. The van der Waals surface area contributed by atoms with E-state index < -0.39 is 13.9 Å². The smallest absolute Gasteiger partial charge is 0.306 e. The zero-order valence-corrected chi connectivity index (χ0v) is 47.4. The summed E-state index contributed by atoms with van der Waals surface area (Å²) < 4.78 is 34.9. The summed E-state index contributed by atoms with van der Waals surface area (Å²) in [5, 5.41) is 0. The average Bonchev–Trinajstić information content (AvgIpc) is 3.32. The summed E-state index contributed by atoms with van der Waals surface area (Å²) in [6, 6.07) is 0. The lowest BCUT2D eigenvalue weighted by atomic mass is 10.0. The molecule has 8 nitrogen and oxygen atoms in total. The minimum atomic E-state index is -4.54. The van der Waals surface area contributed by atoms with Crippen molar-refractivity contribution in [2.24, 2.45) is 0 Å². The lowest BCUT2D eigenvalue weighted by molar-refractivity contribution is -0.870. The van der Waals surface area contributed by atoms with Crippen molar-refractivity contribution in [3.05, 3.63) is 72.9 Å². The van der Waals surface area contributed by atoms with Crippen LogP contribution in [0.25, 0.3) is 0 Å². The summed E-state index contributed by atoms with van der Waals surface area (Å²) in [7, 11) is 1.35. The molecule has 0 aliphatic rings. The van der Waals surface area contributed by atoms with Gasteiger partial charge in [0.1, 0.15) is 19.3 Å². The molecule has 408 valence electrons. The van der Waals surface area contributed by atoms with E-state index in [1.807, 2.05) is 21.1 Å². The molecule has 0 fully saturated rings. The van der Waals surface area contributed by atoms with Gasteiger partial charge in [-0.3, -0.25) is 9.36 Å². The maximum Gasteiger partial charge on any atom is 0.306 e. The van der Waals surface area contributed by atoms with Gasteiger partial charge in [-0.05, 0) is 64.2 Å². The van der Waals surface area contributed by atoms with E-state index in [0.717, 1.165) is 83.5 Å². The molecule has 2 unspecified atom stereocenters. The van der Waals surface area contributed by atoms with Gasteiger partial charge in [0.15, 0.2) is 0 Å². The summed E-state index contributed by atoms with van der Waals surface area (Å²) in [6.07, 6.45) is 70.9. The molecule has 0 bridgehead atoms. The molecule has 0 aliphatic heterocycles. The van der Waals surface area contributed by atoms with Gasteiger partial charge in [0.25, 0.3) is 7.82 Å². The number of carbonyl (C=O) groups is 1. The fourth-order valence-electron chi connectivity index (χ4n) is 8.08. The van der Waals surface area contributed by atoms with Crippen LogP contribution >= 0.6 is 7.82 Å². The molecule has 0 aromatic heterocycles. The van der Waals surface area contributed by atoms with Crippen molar-refractivity contribution in [3.63, 3.8) is 0 Å². The van der Waals surface area contributed by atoms with E-state index in [0.29, 0.717) is 24.1 Å². The van der Waals surface area contributed by atoms with Crippen LogP contribution in [0.3, 0.4) is 0 Å². The van der Waals surface area contributed by atoms with Crippen molar-refractivity contribution in [2.45, 2.75) is 258 Å². The second kappa shape index (κ2) is 53.2. The Labute approximate surface area is 433 Å². The molecule has 0 aliphatic carbocycles. The van der Waals surface area contributed by atoms with Gasteiger partial charge < -0.3 is 27.9 Å². The number of quaternary nitrogens is 1. The number of likely N-dealkylation sites (N-methyl/N-ethyl adjacent to an activating group) is 1. The Morgan fingerprint density at radius 2 is 0.829 bits per heavy atom. The first-order valence-electron chi connectivity index (χ1n) is 29.2. The van der Waals surface area contributed by atoms with Gasteiger partial charge in [-0.15, -0.1) is 0 Å². The van der Waals surface area contributed by atoms with Gasteiger partial charge in [0.05, 0.1) is 34.4 Å². The quantitative estimate of drug-likeness (QED) is 0.0197. The summed E-state index contributed by atoms with van der Waals surface area (Å²) >= 11 is 0. The van der Waals surface area contributed by atoms with Crippen molar-refractivity contribution in [3.8, 4) is 0 Å². The average molecular weight is 1000 g/mol. The van der Waals surface area contributed by atoms with Crippen LogP contribution in [0.2, 0.25) is 0 Å². The Balaban J connectivity index is 4.10. The fraction of sp³-hybridized carbons (Fsp3) is 0.787. The number of hydrogen-bond donors (Lipinski definition) is 0. The number of rotatable bonds is 54. The Hall–Kier alpha value is -2.06. The van der Waals surface area contributed by atoms with Crippen LogP contribution in [0.5, 0.6) is 0 Å². The third-order valence-electron chi connectivity index (χ3n) is 12.5. The van der Waals surface area contributed by atoms with Crippen molar-refractivity contribution >= 4 is 13.8 Å². The largest absolute Gasteiger partial charge is 0.756 e. The molecule has 9 heteroatoms. The van der Waals surface area contributed by atoms with E-state index in [-0.39, 0.29) is 25.8 Å². The first-order valence-corrected chi connectivity index (χ1v) is 30.6. The Bertz CT molecular complexity index is 1350. The molecule has 0 saturated carbocycles. The van der Waals surface area contributed by atoms with Gasteiger partial charge in [0, 0.05) is 13.0 Å². The van der Waals surface area contributed by atoms with E-state index in [4.69, 9.17) is 18.5 Å². The number of ether oxygens (including phenoxy) is 2. The number of hydrogen-bond acceptors (Lipinski definition) is 7. The highest BCUT2D eigenvalue weighted by atomic mass is 31.2. The first-order chi connectivity index (χ1) is 34.1. The van der Waals surface area contributed by atoms with E-state index in [1.54, 1.807) is 0 Å². The van der Waals surface area contributed by atoms with Crippen LogP contribution in [0.4, 0.5) is 0 Å². The van der Waals surface area contributed by atoms with Crippen molar-refractivity contribution in [2.75, 3.05) is 54.1 Å². The van der Waals surface area contributed by atoms with E-state index in [2.05, 4.69) is 86.8 Å². The van der Waals surface area contributed by atoms with Gasteiger partial charge in [-0.2, -0.15) is 0 Å². The highest BCUT2D eigenvalue weighted by Gasteiger charge is 2.20. The predicted octanol–water partition coefficient (Wildman–Crippen LogP) is 17.9. The SMILES string of the molecule is CC/C=C\C/C=C\C/C=C\C/C=C\C/C=C\C/C=C\CCCCCCCCCOCC(COP(=O)([O-])OCC[N+](C)(C)C)OC(=O)CCCCCCCCCCCCCCCCCCCCCCCC. The highest BCUT2D eigenvalue weighted by Crippen LogP contribution is 2.38. The predicted molar refractivity (Wildman–Crippen MR) is 300 cm³/mol. The molecule has 70 heavy (non-hydrogen) atoms. The number of nitrogens with zero attached hydrogens (tertiary/aromatic N) is 1. The van der Waals surface area contributed by atoms with Crippen LogP contribution < -0.4 is 4.89 Å². The van der Waals surface area contributed by atoms with E-state index in [1.165, 1.54) is 148 Å². The number of unbranched alkanes of at least 4 members (excludes halogenated alkanes) is 28. The monoisotopic (exact) mass is 1000 g/mol. The molecule has 0 amide bonds. The number of phosphoric ester groups is 1. The second-order valence-electron chi connectivity index (χ2n) is 20.6. The number of esters is 1. The second-order valence-corrected chi connectivity index (χ2v) is 22.0. The lowest BCUT2D eigenvalue weighted by Crippen LogP contribution is -2.37. The molecular weight excluding hydrogens is 890 g/mol. The Morgan fingerprint density at radius 3 is 1.24 bits per heavy atom.